The number of benzene rings is 1. The van der Waals surface area contributed by atoms with Gasteiger partial charge in [-0.05, 0) is 44.4 Å². The van der Waals surface area contributed by atoms with Gasteiger partial charge in [-0.25, -0.2) is 9.48 Å². The van der Waals surface area contributed by atoms with Gasteiger partial charge >= 0.3 is 6.09 Å². The van der Waals surface area contributed by atoms with Crippen molar-refractivity contribution in [3.8, 4) is 11.6 Å². The molecule has 1 aromatic carbocycles. The number of hydrogen-bond donors (Lipinski definition) is 0. The Kier molecular flexibility index (Phi) is 3.07. The van der Waals surface area contributed by atoms with Crippen LogP contribution < -0.4 is 4.74 Å². The lowest BCUT2D eigenvalue weighted by molar-refractivity contribution is 0.0861. The zero-order valence-corrected chi connectivity index (χ0v) is 14.0. The number of amides is 1. The normalized spacial score (nSPS) is 17.3. The number of para-hydroxylation sites is 1. The van der Waals surface area contributed by atoms with Crippen LogP contribution in [0.15, 0.2) is 36.4 Å². The monoisotopic (exact) mass is 334 g/mol. The second kappa shape index (κ2) is 5.31. The Bertz CT molecular complexity index is 976. The topological polar surface area (TPSA) is 60.2 Å². The molecule has 1 saturated carbocycles. The largest absolute Gasteiger partial charge is 0.417 e. The van der Waals surface area contributed by atoms with Gasteiger partial charge < -0.3 is 9.64 Å². The lowest BCUT2D eigenvalue weighted by Gasteiger charge is -2.38. The zero-order chi connectivity index (χ0) is 17.0. The highest BCUT2D eigenvalue weighted by atomic mass is 16.6. The average Bonchev–Trinajstić information content (AvgIpc) is 2.89. The van der Waals surface area contributed by atoms with Gasteiger partial charge in [-0.3, -0.25) is 0 Å². The summed E-state index contributed by atoms with van der Waals surface area (Å²) in [4.78, 5) is 18.8. The summed E-state index contributed by atoms with van der Waals surface area (Å²) < 4.78 is 7.35. The molecule has 6 heteroatoms. The van der Waals surface area contributed by atoms with E-state index in [4.69, 9.17) is 4.74 Å². The van der Waals surface area contributed by atoms with Gasteiger partial charge in [0.1, 0.15) is 0 Å². The van der Waals surface area contributed by atoms with Crippen molar-refractivity contribution >= 4 is 17.1 Å². The first-order valence-corrected chi connectivity index (χ1v) is 8.64. The first kappa shape index (κ1) is 14.5. The molecule has 25 heavy (non-hydrogen) atoms. The predicted molar refractivity (Wildman–Crippen MR) is 92.8 cm³/mol. The molecular formula is C19H18N4O2. The smallest absolute Gasteiger partial charge is 0.391 e. The summed E-state index contributed by atoms with van der Waals surface area (Å²) >= 11 is 0. The van der Waals surface area contributed by atoms with E-state index in [9.17, 15) is 4.79 Å². The lowest BCUT2D eigenvalue weighted by Crippen LogP contribution is -2.47. The number of pyridine rings is 1. The minimum absolute atomic E-state index is 0.286. The van der Waals surface area contributed by atoms with Crippen molar-refractivity contribution in [3.63, 3.8) is 0 Å². The minimum Gasteiger partial charge on any atom is -0.391 e. The molecule has 0 unspecified atom stereocenters. The third-order valence-electron chi connectivity index (χ3n) is 5.16. The molecule has 0 N–H and O–H groups in total. The molecule has 1 amide bonds. The van der Waals surface area contributed by atoms with Gasteiger partial charge in [-0.15, -0.1) is 0 Å². The van der Waals surface area contributed by atoms with Crippen molar-refractivity contribution in [3.05, 3.63) is 47.7 Å². The van der Waals surface area contributed by atoms with Gasteiger partial charge in [0, 0.05) is 17.0 Å². The van der Waals surface area contributed by atoms with Crippen LogP contribution in [-0.4, -0.2) is 31.8 Å². The number of nitrogens with zero attached hydrogens (tertiary/aromatic N) is 4. The molecule has 6 nitrogen and oxygen atoms in total. The Morgan fingerprint density at radius 1 is 1.20 bits per heavy atom. The molecule has 0 radical (unpaired) electrons. The summed E-state index contributed by atoms with van der Waals surface area (Å²) in [6.07, 6.45) is 3.02. The third kappa shape index (κ3) is 2.21. The number of carbonyl (C=O) groups excluding carboxylic acids is 1. The quantitative estimate of drug-likeness (QED) is 0.718. The van der Waals surface area contributed by atoms with Gasteiger partial charge in [-0.1, -0.05) is 18.2 Å². The maximum absolute atomic E-state index is 12.3. The molecule has 1 aliphatic heterocycles. The van der Waals surface area contributed by atoms with E-state index in [1.807, 2.05) is 42.2 Å². The van der Waals surface area contributed by atoms with Crippen LogP contribution in [-0.2, 0) is 6.54 Å². The van der Waals surface area contributed by atoms with Crippen molar-refractivity contribution in [1.82, 2.24) is 19.7 Å². The van der Waals surface area contributed by atoms with E-state index in [2.05, 4.69) is 16.1 Å². The van der Waals surface area contributed by atoms with Crippen molar-refractivity contribution in [2.24, 2.45) is 0 Å². The van der Waals surface area contributed by atoms with Gasteiger partial charge in [0.2, 0.25) is 5.88 Å². The van der Waals surface area contributed by atoms with Crippen LogP contribution in [0.2, 0.25) is 0 Å². The summed E-state index contributed by atoms with van der Waals surface area (Å²) in [7, 11) is 0. The van der Waals surface area contributed by atoms with Crippen molar-refractivity contribution < 1.29 is 9.53 Å². The standard InChI is InChI=1S/C19H18N4O2/c1-12-16-10-13-11-22(14-8-5-9-14)19(24)25-18(13)20-17(16)23(21-12)15-6-3-2-4-7-15/h2-4,6-7,10,14H,5,8-9,11H2,1H3. The highest BCUT2D eigenvalue weighted by molar-refractivity contribution is 5.83. The van der Waals surface area contributed by atoms with E-state index in [-0.39, 0.29) is 6.09 Å². The van der Waals surface area contributed by atoms with Crippen LogP contribution in [0.5, 0.6) is 5.88 Å². The molecule has 3 aromatic rings. The van der Waals surface area contributed by atoms with E-state index in [0.29, 0.717) is 24.1 Å². The number of aryl methyl sites for hydroxylation is 1. The predicted octanol–water partition coefficient (Wildman–Crippen LogP) is 3.60. The first-order valence-electron chi connectivity index (χ1n) is 8.64. The van der Waals surface area contributed by atoms with Gasteiger partial charge in [0.05, 0.1) is 17.9 Å². The molecule has 0 spiro atoms. The number of rotatable bonds is 2. The van der Waals surface area contributed by atoms with Crippen LogP contribution in [0.1, 0.15) is 30.5 Å². The Morgan fingerprint density at radius 2 is 2.00 bits per heavy atom. The molecule has 2 aromatic heterocycles. The second-order valence-electron chi connectivity index (χ2n) is 6.74. The van der Waals surface area contributed by atoms with E-state index in [1.165, 1.54) is 6.42 Å². The van der Waals surface area contributed by atoms with E-state index in [0.717, 1.165) is 35.2 Å². The summed E-state index contributed by atoms with van der Waals surface area (Å²) in [5.74, 6) is 0.408. The van der Waals surface area contributed by atoms with Crippen molar-refractivity contribution in [1.29, 1.82) is 0 Å². The maximum Gasteiger partial charge on any atom is 0.417 e. The Morgan fingerprint density at radius 3 is 2.72 bits per heavy atom. The highest BCUT2D eigenvalue weighted by Gasteiger charge is 2.35. The molecule has 126 valence electrons. The van der Waals surface area contributed by atoms with Crippen molar-refractivity contribution in [2.45, 2.75) is 38.8 Å². The maximum atomic E-state index is 12.3. The SMILES string of the molecule is Cc1nn(-c2ccccc2)c2nc3c(cc12)CN(C1CCC1)C(=O)O3. The van der Waals surface area contributed by atoms with E-state index in [1.54, 1.807) is 4.68 Å². The van der Waals surface area contributed by atoms with Crippen LogP contribution in [0, 0.1) is 6.92 Å². The average molecular weight is 334 g/mol. The fraction of sp³-hybridized carbons (Fsp3) is 0.316. The Labute approximate surface area is 145 Å². The summed E-state index contributed by atoms with van der Waals surface area (Å²) in [6.45, 7) is 2.55. The Balaban J connectivity index is 1.62. The molecule has 0 bridgehead atoms. The molecular weight excluding hydrogens is 316 g/mol. The molecule has 3 heterocycles. The summed E-state index contributed by atoms with van der Waals surface area (Å²) in [5.41, 5.74) is 3.52. The van der Waals surface area contributed by atoms with Crippen LogP contribution >= 0.6 is 0 Å². The summed E-state index contributed by atoms with van der Waals surface area (Å²) in [6, 6.07) is 12.2. The van der Waals surface area contributed by atoms with Crippen molar-refractivity contribution in [2.75, 3.05) is 0 Å². The van der Waals surface area contributed by atoms with Gasteiger partial charge in [-0.2, -0.15) is 10.1 Å². The number of aromatic nitrogens is 3. The minimum atomic E-state index is -0.286. The number of ether oxygens (including phenoxy) is 1. The number of fused-ring (bicyclic) bond motifs is 2. The molecule has 0 atom stereocenters. The van der Waals surface area contributed by atoms with Crippen LogP contribution in [0.3, 0.4) is 0 Å². The fourth-order valence-electron chi connectivity index (χ4n) is 3.52. The van der Waals surface area contributed by atoms with E-state index >= 15 is 0 Å². The molecule has 0 saturated heterocycles. The van der Waals surface area contributed by atoms with Gasteiger partial charge in [0.15, 0.2) is 5.65 Å². The Hall–Kier alpha value is -2.89. The highest BCUT2D eigenvalue weighted by Crippen LogP contribution is 2.34. The van der Waals surface area contributed by atoms with E-state index < -0.39 is 0 Å². The third-order valence-corrected chi connectivity index (χ3v) is 5.16. The fourth-order valence-corrected chi connectivity index (χ4v) is 3.52. The number of hydrogen-bond acceptors (Lipinski definition) is 4. The van der Waals surface area contributed by atoms with Crippen LogP contribution in [0.4, 0.5) is 4.79 Å². The molecule has 5 rings (SSSR count). The molecule has 1 fully saturated rings. The zero-order valence-electron chi connectivity index (χ0n) is 14.0. The molecule has 2 aliphatic rings. The van der Waals surface area contributed by atoms with Crippen LogP contribution in [0.25, 0.3) is 16.7 Å². The number of carbonyl (C=O) groups is 1. The van der Waals surface area contributed by atoms with Gasteiger partial charge in [0.25, 0.3) is 0 Å². The first-order chi connectivity index (χ1) is 12.2. The lowest BCUT2D eigenvalue weighted by atomic mass is 9.91. The molecule has 1 aliphatic carbocycles. The summed E-state index contributed by atoms with van der Waals surface area (Å²) in [5, 5.41) is 5.63. The second-order valence-corrected chi connectivity index (χ2v) is 6.74.